The van der Waals surface area contributed by atoms with Crippen LogP contribution in [0.1, 0.15) is 18.1 Å². The first-order valence-electron chi connectivity index (χ1n) is 7.55. The molecular weight excluding hydrogens is 306 g/mol. The van der Waals surface area contributed by atoms with Gasteiger partial charge in [0.1, 0.15) is 11.5 Å². The van der Waals surface area contributed by atoms with Crippen LogP contribution in [0.4, 0.5) is 5.69 Å². The van der Waals surface area contributed by atoms with E-state index in [2.05, 4.69) is 5.32 Å². The van der Waals surface area contributed by atoms with Crippen LogP contribution in [0.25, 0.3) is 5.76 Å². The predicted octanol–water partition coefficient (Wildman–Crippen LogP) is 3.50. The van der Waals surface area contributed by atoms with E-state index in [1.54, 1.807) is 36.4 Å². The van der Waals surface area contributed by atoms with E-state index in [4.69, 9.17) is 4.74 Å². The zero-order valence-electron chi connectivity index (χ0n) is 13.6. The molecule has 0 aliphatic carbocycles. The number of nitrogens with one attached hydrogen (secondary N) is 1. The normalized spacial score (nSPS) is 11.0. The molecule has 1 amide bonds. The first-order valence-corrected chi connectivity index (χ1v) is 7.55. The van der Waals surface area contributed by atoms with Gasteiger partial charge in [0.25, 0.3) is 5.91 Å². The summed E-state index contributed by atoms with van der Waals surface area (Å²) >= 11 is 0. The fourth-order valence-electron chi connectivity index (χ4n) is 1.99. The van der Waals surface area contributed by atoms with Gasteiger partial charge in [-0.2, -0.15) is 0 Å². The number of rotatable bonds is 6. The topological polar surface area (TPSA) is 75.6 Å². The molecule has 2 N–H and O–H groups in total. The molecule has 2 aromatic carbocycles. The summed E-state index contributed by atoms with van der Waals surface area (Å²) in [6.07, 6.45) is 0.902. The molecule has 0 bridgehead atoms. The maximum absolute atomic E-state index is 11.9. The molecule has 0 fully saturated rings. The number of ketones is 1. The van der Waals surface area contributed by atoms with Crippen molar-refractivity contribution >= 4 is 23.1 Å². The molecule has 5 nitrogen and oxygen atoms in total. The van der Waals surface area contributed by atoms with Gasteiger partial charge < -0.3 is 15.2 Å². The Labute approximate surface area is 140 Å². The van der Waals surface area contributed by atoms with Crippen molar-refractivity contribution in [1.82, 2.24) is 0 Å². The van der Waals surface area contributed by atoms with Crippen LogP contribution in [0.15, 0.2) is 54.6 Å². The van der Waals surface area contributed by atoms with Gasteiger partial charge in [-0.25, -0.2) is 0 Å². The molecule has 2 rings (SSSR count). The predicted molar refractivity (Wildman–Crippen MR) is 93.0 cm³/mol. The molecule has 5 heteroatoms. The lowest BCUT2D eigenvalue weighted by molar-refractivity contribution is -0.131. The van der Waals surface area contributed by atoms with E-state index in [0.717, 1.165) is 11.6 Å². The molecule has 0 unspecified atom stereocenters. The summed E-state index contributed by atoms with van der Waals surface area (Å²) in [4.78, 5) is 23.8. The van der Waals surface area contributed by atoms with Crippen molar-refractivity contribution < 1.29 is 19.4 Å². The highest BCUT2D eigenvalue weighted by molar-refractivity contribution is 6.45. The van der Waals surface area contributed by atoms with E-state index in [-0.39, 0.29) is 5.76 Å². The van der Waals surface area contributed by atoms with E-state index < -0.39 is 11.7 Å². The molecule has 0 radical (unpaired) electrons. The third-order valence-electron chi connectivity index (χ3n) is 3.26. The van der Waals surface area contributed by atoms with E-state index in [1.807, 2.05) is 26.0 Å². The van der Waals surface area contributed by atoms with Crippen molar-refractivity contribution in [2.45, 2.75) is 13.8 Å². The minimum Gasteiger partial charge on any atom is -0.507 e. The highest BCUT2D eigenvalue weighted by Gasteiger charge is 2.13. The number of hydrogen-bond donors (Lipinski definition) is 2. The summed E-state index contributed by atoms with van der Waals surface area (Å²) in [5.41, 5.74) is 2.00. The zero-order valence-corrected chi connectivity index (χ0v) is 13.6. The molecule has 24 heavy (non-hydrogen) atoms. The Morgan fingerprint density at radius 1 is 1.08 bits per heavy atom. The zero-order chi connectivity index (χ0) is 17.5. The first kappa shape index (κ1) is 17.3. The van der Waals surface area contributed by atoms with Crippen LogP contribution >= 0.6 is 0 Å². The summed E-state index contributed by atoms with van der Waals surface area (Å²) in [7, 11) is 0. The van der Waals surface area contributed by atoms with E-state index in [9.17, 15) is 14.7 Å². The number of carbonyl (C=O) groups is 2. The average Bonchev–Trinajstić information content (AvgIpc) is 2.57. The molecule has 0 saturated carbocycles. The van der Waals surface area contributed by atoms with E-state index in [1.165, 1.54) is 0 Å². The number of carbonyl (C=O) groups excluding carboxylic acids is 2. The second-order valence-electron chi connectivity index (χ2n) is 5.17. The van der Waals surface area contributed by atoms with Crippen molar-refractivity contribution in [3.63, 3.8) is 0 Å². The number of aryl methyl sites for hydroxylation is 1. The molecule has 0 aliphatic heterocycles. The minimum atomic E-state index is -0.832. The smallest absolute Gasteiger partial charge is 0.296 e. The van der Waals surface area contributed by atoms with Crippen molar-refractivity contribution in [3.05, 3.63) is 65.7 Å². The highest BCUT2D eigenvalue weighted by atomic mass is 16.5. The Morgan fingerprint density at radius 3 is 2.29 bits per heavy atom. The quantitative estimate of drug-likeness (QED) is 0.484. The number of hydrogen-bond acceptors (Lipinski definition) is 4. The molecule has 124 valence electrons. The minimum absolute atomic E-state index is 0.276. The summed E-state index contributed by atoms with van der Waals surface area (Å²) in [6, 6.07) is 13.6. The average molecular weight is 325 g/mol. The lowest BCUT2D eigenvalue weighted by Crippen LogP contribution is -2.21. The maximum atomic E-state index is 11.9. The number of ether oxygens (including phenoxy) is 1. The van der Waals surface area contributed by atoms with E-state index in [0.29, 0.717) is 23.6 Å². The number of benzene rings is 2. The number of amides is 1. The Kier molecular flexibility index (Phi) is 5.73. The van der Waals surface area contributed by atoms with Gasteiger partial charge in [0.15, 0.2) is 0 Å². The first-order chi connectivity index (χ1) is 11.5. The van der Waals surface area contributed by atoms with Crippen LogP contribution in [-0.2, 0) is 9.59 Å². The summed E-state index contributed by atoms with van der Waals surface area (Å²) in [5, 5.41) is 12.5. The van der Waals surface area contributed by atoms with Gasteiger partial charge >= 0.3 is 0 Å². The Morgan fingerprint density at radius 2 is 1.71 bits per heavy atom. The fraction of sp³-hybridized carbons (Fsp3) is 0.158. The van der Waals surface area contributed by atoms with Crippen LogP contribution in [0.3, 0.4) is 0 Å². The van der Waals surface area contributed by atoms with Gasteiger partial charge in [-0.05, 0) is 50.2 Å². The lowest BCUT2D eigenvalue weighted by Gasteiger charge is -2.05. The summed E-state index contributed by atoms with van der Waals surface area (Å²) in [6.45, 7) is 4.34. The van der Waals surface area contributed by atoms with Crippen LogP contribution in [-0.4, -0.2) is 23.4 Å². The van der Waals surface area contributed by atoms with Gasteiger partial charge in [-0.15, -0.1) is 0 Å². The molecule has 0 heterocycles. The van der Waals surface area contributed by atoms with Crippen LogP contribution in [0.2, 0.25) is 0 Å². The fourth-order valence-corrected chi connectivity index (χ4v) is 1.99. The molecule has 0 atom stereocenters. The van der Waals surface area contributed by atoms with Crippen molar-refractivity contribution in [1.29, 1.82) is 0 Å². The third-order valence-corrected chi connectivity index (χ3v) is 3.26. The Hall–Kier alpha value is -3.08. The summed E-state index contributed by atoms with van der Waals surface area (Å²) < 4.78 is 5.30. The molecule has 0 aliphatic rings. The molecule has 0 saturated heterocycles. The van der Waals surface area contributed by atoms with E-state index >= 15 is 0 Å². The molecule has 2 aromatic rings. The lowest BCUT2D eigenvalue weighted by atomic mass is 10.1. The Bertz CT molecular complexity index is 746. The van der Waals surface area contributed by atoms with Crippen LogP contribution in [0, 0.1) is 6.92 Å². The monoisotopic (exact) mass is 325 g/mol. The molecule has 0 spiro atoms. The van der Waals surface area contributed by atoms with Crippen molar-refractivity contribution in [3.8, 4) is 5.75 Å². The van der Waals surface area contributed by atoms with Crippen molar-refractivity contribution in [2.24, 2.45) is 0 Å². The largest absolute Gasteiger partial charge is 0.507 e. The van der Waals surface area contributed by atoms with Gasteiger partial charge in [0.2, 0.25) is 5.78 Å². The number of aliphatic hydroxyl groups is 1. The molecular formula is C19H19NO4. The van der Waals surface area contributed by atoms with Crippen LogP contribution in [0.5, 0.6) is 5.75 Å². The summed E-state index contributed by atoms with van der Waals surface area (Å²) in [5.74, 6) is -1.25. The van der Waals surface area contributed by atoms with Crippen LogP contribution < -0.4 is 10.1 Å². The second kappa shape index (κ2) is 7.97. The van der Waals surface area contributed by atoms with Crippen molar-refractivity contribution in [2.75, 3.05) is 11.9 Å². The highest BCUT2D eigenvalue weighted by Crippen LogP contribution is 2.17. The third kappa shape index (κ3) is 4.71. The van der Waals surface area contributed by atoms with Gasteiger partial charge in [0.05, 0.1) is 6.61 Å². The maximum Gasteiger partial charge on any atom is 0.296 e. The standard InChI is InChI=1S/C19H19NO4/c1-3-24-16-10-6-14(7-11-16)17(21)12-18(22)19(23)20-15-8-4-13(2)5-9-15/h4-12,21H,3H2,1-2H3,(H,20,23). The van der Waals surface area contributed by atoms with Gasteiger partial charge in [-0.1, -0.05) is 17.7 Å². The number of aliphatic hydroxyl groups excluding tert-OH is 1. The van der Waals surface area contributed by atoms with Gasteiger partial charge in [0, 0.05) is 17.3 Å². The van der Waals surface area contributed by atoms with Gasteiger partial charge in [-0.3, -0.25) is 9.59 Å². The SMILES string of the molecule is CCOc1ccc(C(O)=CC(=O)C(=O)Nc2ccc(C)cc2)cc1. The Balaban J connectivity index is 2.04. The second-order valence-corrected chi connectivity index (χ2v) is 5.17. The molecule has 0 aromatic heterocycles. The number of anilines is 1.